The fourth-order valence-electron chi connectivity index (χ4n) is 2.52. The van der Waals surface area contributed by atoms with E-state index in [-0.39, 0.29) is 0 Å². The minimum absolute atomic E-state index is 0.298. The molecule has 0 aliphatic rings. The van der Waals surface area contributed by atoms with Crippen molar-refractivity contribution >= 4 is 9.84 Å². The molecule has 0 radical (unpaired) electrons. The Kier molecular flexibility index (Phi) is 5.35. The number of methoxy groups -OCH3 is 2. The molecule has 0 spiro atoms. The lowest BCUT2D eigenvalue weighted by molar-refractivity contribution is 0.134. The van der Waals surface area contributed by atoms with Crippen LogP contribution >= 0.6 is 0 Å². The highest BCUT2D eigenvalue weighted by Gasteiger charge is 2.34. The summed E-state index contributed by atoms with van der Waals surface area (Å²) >= 11 is 0. The van der Waals surface area contributed by atoms with Crippen LogP contribution in [0.4, 0.5) is 0 Å². The predicted octanol–water partition coefficient (Wildman–Crippen LogP) is 4.00. The molecule has 5 heteroatoms. The number of ether oxygens (including phenoxy) is 2. The lowest BCUT2D eigenvalue weighted by Gasteiger charge is -2.25. The Morgan fingerprint density at radius 3 is 2.21 bits per heavy atom. The molecule has 0 aliphatic heterocycles. The normalized spacial score (nSPS) is 13.5. The largest absolute Gasteiger partial charge is 0.497 e. The van der Waals surface area contributed by atoms with Gasteiger partial charge >= 0.3 is 0 Å². The van der Waals surface area contributed by atoms with Crippen LogP contribution in [0.2, 0.25) is 0 Å². The van der Waals surface area contributed by atoms with Crippen LogP contribution in [0.5, 0.6) is 5.75 Å². The van der Waals surface area contributed by atoms with Gasteiger partial charge in [0.15, 0.2) is 9.84 Å². The molecule has 1 atom stereocenters. The summed E-state index contributed by atoms with van der Waals surface area (Å²) < 4.78 is 36.0. The Morgan fingerprint density at radius 2 is 1.62 bits per heavy atom. The molecule has 0 bridgehead atoms. The Bertz CT molecular complexity index is 804. The summed E-state index contributed by atoms with van der Waals surface area (Å²) in [5.41, 5.74) is 1.47. The fourth-order valence-corrected chi connectivity index (χ4v) is 3.92. The number of sulfone groups is 1. The van der Waals surface area contributed by atoms with Crippen molar-refractivity contribution in [1.29, 1.82) is 0 Å². The zero-order valence-electron chi connectivity index (χ0n) is 14.7. The third-order valence-electron chi connectivity index (χ3n) is 3.93. The van der Waals surface area contributed by atoms with Crippen LogP contribution in [0.3, 0.4) is 0 Å². The lowest BCUT2D eigenvalue weighted by Crippen LogP contribution is -2.29. The van der Waals surface area contributed by atoms with Gasteiger partial charge in [-0.3, -0.25) is 0 Å². The number of hydrogen-bond donors (Lipinski definition) is 0. The van der Waals surface area contributed by atoms with Crippen LogP contribution in [0.15, 0.2) is 53.4 Å². The average Bonchev–Trinajstić information content (AvgIpc) is 2.55. The Balaban J connectivity index is 2.63. The minimum atomic E-state index is -3.50. The third-order valence-corrected chi connectivity index (χ3v) is 6.49. The van der Waals surface area contributed by atoms with E-state index in [1.807, 2.05) is 30.3 Å². The first-order chi connectivity index (χ1) is 11.2. The van der Waals surface area contributed by atoms with Gasteiger partial charge in [-0.15, -0.1) is 0 Å². The van der Waals surface area contributed by atoms with E-state index in [1.54, 1.807) is 53.2 Å². The molecule has 130 valence electrons. The summed E-state index contributed by atoms with van der Waals surface area (Å²) in [5.74, 6) is 0.700. The molecule has 1 unspecified atom stereocenters. The van der Waals surface area contributed by atoms with Crippen molar-refractivity contribution < 1.29 is 17.9 Å². The summed E-state index contributed by atoms with van der Waals surface area (Å²) in [7, 11) is -0.327. The second-order valence-electron chi connectivity index (χ2n) is 6.55. The van der Waals surface area contributed by atoms with Gasteiger partial charge < -0.3 is 9.47 Å². The zero-order chi connectivity index (χ0) is 18.0. The molecule has 2 aromatic rings. The minimum Gasteiger partial charge on any atom is -0.497 e. The summed E-state index contributed by atoms with van der Waals surface area (Å²) in [6.45, 7) is 5.10. The molecule has 0 N–H and O–H groups in total. The molecule has 2 rings (SSSR count). The van der Waals surface area contributed by atoms with Crippen LogP contribution < -0.4 is 4.74 Å². The fraction of sp³-hybridized carbons (Fsp3) is 0.368. The Labute approximate surface area is 144 Å². The van der Waals surface area contributed by atoms with Gasteiger partial charge in [-0.2, -0.15) is 0 Å². The summed E-state index contributed by atoms with van der Waals surface area (Å²) in [5, 5.41) is 0. The van der Waals surface area contributed by atoms with E-state index in [9.17, 15) is 8.42 Å². The van der Waals surface area contributed by atoms with Crippen LogP contribution in [0.1, 0.15) is 38.0 Å². The second-order valence-corrected chi connectivity index (χ2v) is 9.22. The zero-order valence-corrected chi connectivity index (χ0v) is 15.6. The molecule has 24 heavy (non-hydrogen) atoms. The number of benzene rings is 2. The summed E-state index contributed by atoms with van der Waals surface area (Å²) in [4.78, 5) is 0.298. The maximum Gasteiger partial charge on any atom is 0.183 e. The van der Waals surface area contributed by atoms with Crippen molar-refractivity contribution in [3.05, 3.63) is 59.7 Å². The van der Waals surface area contributed by atoms with Crippen LogP contribution in [0, 0.1) is 0 Å². The Morgan fingerprint density at radius 1 is 0.958 bits per heavy atom. The maximum atomic E-state index is 13.0. The molecular weight excluding hydrogens is 324 g/mol. The topological polar surface area (TPSA) is 52.6 Å². The third kappa shape index (κ3) is 3.47. The van der Waals surface area contributed by atoms with E-state index in [0.29, 0.717) is 16.2 Å². The first-order valence-corrected chi connectivity index (χ1v) is 9.21. The van der Waals surface area contributed by atoms with E-state index in [2.05, 4.69) is 0 Å². The highest BCUT2D eigenvalue weighted by molar-refractivity contribution is 7.92. The van der Waals surface area contributed by atoms with E-state index in [1.165, 1.54) is 0 Å². The van der Waals surface area contributed by atoms with E-state index in [0.717, 1.165) is 5.56 Å². The standard InChI is InChI=1S/C19H24O4S/c1-19(2,3)24(20,21)17-12-7-6-11-16(17)18(23-5)14-9-8-10-15(13-14)22-4/h6-13,18H,1-5H3. The molecule has 0 fully saturated rings. The first-order valence-electron chi connectivity index (χ1n) is 7.72. The molecule has 0 saturated carbocycles. The van der Waals surface area contributed by atoms with Crippen LogP contribution in [0.25, 0.3) is 0 Å². The van der Waals surface area contributed by atoms with Gasteiger partial charge in [0.1, 0.15) is 11.9 Å². The van der Waals surface area contributed by atoms with Gasteiger partial charge in [-0.05, 0) is 44.5 Å². The van der Waals surface area contributed by atoms with Gasteiger partial charge in [-0.25, -0.2) is 8.42 Å². The number of rotatable bonds is 5. The van der Waals surface area contributed by atoms with Crippen LogP contribution in [-0.4, -0.2) is 27.4 Å². The molecule has 0 aliphatic carbocycles. The lowest BCUT2D eigenvalue weighted by atomic mass is 10.0. The Hall–Kier alpha value is -1.85. The molecule has 4 nitrogen and oxygen atoms in total. The van der Waals surface area contributed by atoms with Gasteiger partial charge in [0.2, 0.25) is 0 Å². The molecule has 2 aromatic carbocycles. The van der Waals surface area contributed by atoms with E-state index < -0.39 is 20.7 Å². The second kappa shape index (κ2) is 6.95. The quantitative estimate of drug-likeness (QED) is 0.819. The summed E-state index contributed by atoms with van der Waals surface area (Å²) in [6, 6.07) is 14.5. The van der Waals surface area contributed by atoms with E-state index >= 15 is 0 Å². The summed E-state index contributed by atoms with van der Waals surface area (Å²) in [6.07, 6.45) is -0.492. The molecule has 0 amide bonds. The monoisotopic (exact) mass is 348 g/mol. The van der Waals surface area contributed by atoms with Crippen molar-refractivity contribution in [3.63, 3.8) is 0 Å². The van der Waals surface area contributed by atoms with Crippen molar-refractivity contribution in [2.24, 2.45) is 0 Å². The SMILES string of the molecule is COc1cccc(C(OC)c2ccccc2S(=O)(=O)C(C)(C)C)c1. The number of hydrogen-bond acceptors (Lipinski definition) is 4. The van der Waals surface area contributed by atoms with E-state index in [4.69, 9.17) is 9.47 Å². The van der Waals surface area contributed by atoms with Crippen molar-refractivity contribution in [2.75, 3.05) is 14.2 Å². The van der Waals surface area contributed by atoms with Gasteiger partial charge in [0.05, 0.1) is 16.8 Å². The van der Waals surface area contributed by atoms with Crippen LogP contribution in [-0.2, 0) is 14.6 Å². The molecule has 0 aromatic heterocycles. The highest BCUT2D eigenvalue weighted by atomic mass is 32.2. The van der Waals surface area contributed by atoms with Gasteiger partial charge in [0, 0.05) is 12.7 Å². The maximum absolute atomic E-state index is 13.0. The molecule has 0 saturated heterocycles. The first kappa shape index (κ1) is 18.5. The average molecular weight is 348 g/mol. The van der Waals surface area contributed by atoms with Gasteiger partial charge in [0.25, 0.3) is 0 Å². The predicted molar refractivity (Wildman–Crippen MR) is 95.2 cm³/mol. The molecule has 0 heterocycles. The van der Waals surface area contributed by atoms with Crippen molar-refractivity contribution in [2.45, 2.75) is 36.5 Å². The van der Waals surface area contributed by atoms with Gasteiger partial charge in [-0.1, -0.05) is 30.3 Å². The molecular formula is C19H24O4S. The van der Waals surface area contributed by atoms with Crippen molar-refractivity contribution in [3.8, 4) is 5.75 Å². The highest BCUT2D eigenvalue weighted by Crippen LogP contribution is 2.35. The van der Waals surface area contributed by atoms with Crippen molar-refractivity contribution in [1.82, 2.24) is 0 Å². The smallest absolute Gasteiger partial charge is 0.183 e.